The predicted molar refractivity (Wildman–Crippen MR) is 187 cm³/mol. The number of aromatic nitrogens is 4. The Labute approximate surface area is 296 Å². The quantitative estimate of drug-likeness (QED) is 0.127. The molecule has 0 radical (unpaired) electrons. The smallest absolute Gasteiger partial charge is 0.407 e. The molecule has 0 spiro atoms. The number of alkyl carbamates (subject to hydrolysis) is 2. The molecule has 0 aliphatic heterocycles. The summed E-state index contributed by atoms with van der Waals surface area (Å²) in [5.41, 5.74) is 5.11. The molecule has 0 bridgehead atoms. The minimum Gasteiger partial charge on any atom is -0.453 e. The number of nitrogens with zero attached hydrogens (tertiary/aromatic N) is 4. The van der Waals surface area contributed by atoms with Crippen molar-refractivity contribution in [3.05, 3.63) is 72.6 Å². The molecule has 5 rings (SSSR count). The van der Waals surface area contributed by atoms with Crippen molar-refractivity contribution in [2.24, 2.45) is 0 Å². The Morgan fingerprint density at radius 3 is 1.67 bits per heavy atom. The van der Waals surface area contributed by atoms with Gasteiger partial charge in [-0.25, -0.2) is 24.6 Å². The van der Waals surface area contributed by atoms with Crippen LogP contribution in [-0.4, -0.2) is 93.4 Å². The number of methoxy groups -OCH3 is 2. The Bertz CT molecular complexity index is 1800. The highest BCUT2D eigenvalue weighted by atomic mass is 16.7. The van der Waals surface area contributed by atoms with Crippen molar-refractivity contribution in [2.75, 3.05) is 33.9 Å². The minimum atomic E-state index is -0.695. The molecule has 2 aromatic carbocycles. The third-order valence-electron chi connectivity index (χ3n) is 8.62. The van der Waals surface area contributed by atoms with E-state index < -0.39 is 23.7 Å². The van der Waals surface area contributed by atoms with E-state index in [2.05, 4.69) is 40.0 Å². The molecule has 4 amide bonds. The standard InChI is InChI=1S/C36H44N8O7/c1-5-17-43(32(45)20-39-34(47)49-3)22-30-37-18-28(41-30)26-11-7-24(8-12-26)25-9-13-27(14-10-25)29-19-38-31(42-29)23-44(51-36(2)15-6-16-36)33(46)21-40-35(48)50-4/h7-14,18-19H,5-6,15-17,20-23H2,1-4H3,(H,37,41)(H,38,42)(H,39,47)(H,40,48). The molecule has 0 saturated heterocycles. The second-order valence-corrected chi connectivity index (χ2v) is 12.5. The fraction of sp³-hybridized carbons (Fsp3) is 0.389. The highest BCUT2D eigenvalue weighted by molar-refractivity contribution is 5.82. The van der Waals surface area contributed by atoms with Gasteiger partial charge in [0.15, 0.2) is 0 Å². The molecule has 15 nitrogen and oxygen atoms in total. The largest absolute Gasteiger partial charge is 0.453 e. The van der Waals surface area contributed by atoms with Crippen molar-refractivity contribution in [1.82, 2.24) is 40.5 Å². The van der Waals surface area contributed by atoms with Crippen LogP contribution in [-0.2, 0) is 37.0 Å². The number of amides is 4. The molecular weight excluding hydrogens is 656 g/mol. The number of rotatable bonds is 15. The Hall–Kier alpha value is -5.70. The molecule has 2 heterocycles. The van der Waals surface area contributed by atoms with Crippen molar-refractivity contribution >= 4 is 24.0 Å². The van der Waals surface area contributed by atoms with E-state index in [0.717, 1.165) is 59.3 Å². The fourth-order valence-electron chi connectivity index (χ4n) is 5.59. The molecule has 1 saturated carbocycles. The van der Waals surface area contributed by atoms with Gasteiger partial charge in [0.05, 0.1) is 50.1 Å². The minimum absolute atomic E-state index is 0.0865. The maximum atomic E-state index is 12.9. The SMILES string of the molecule is CCCN(Cc1ncc(-c2ccc(-c3ccc(-c4cnc(CN(OC5(C)CCC5)C(=O)CNC(=O)OC)[nH]4)cc3)cc2)[nH]1)C(=O)CNC(=O)OC. The fourth-order valence-corrected chi connectivity index (χ4v) is 5.59. The summed E-state index contributed by atoms with van der Waals surface area (Å²) in [6.07, 6.45) is 5.57. The first-order valence-corrected chi connectivity index (χ1v) is 16.8. The van der Waals surface area contributed by atoms with Crippen LogP contribution < -0.4 is 10.6 Å². The average Bonchev–Trinajstić information content (AvgIpc) is 3.81. The van der Waals surface area contributed by atoms with Gasteiger partial charge < -0.3 is 35.0 Å². The number of H-pyrrole nitrogens is 2. The van der Waals surface area contributed by atoms with Crippen LogP contribution in [0.15, 0.2) is 60.9 Å². The first kappa shape index (κ1) is 36.6. The van der Waals surface area contributed by atoms with E-state index in [1.54, 1.807) is 17.3 Å². The van der Waals surface area contributed by atoms with Crippen molar-refractivity contribution < 1.29 is 33.5 Å². The van der Waals surface area contributed by atoms with Crippen LogP contribution in [0.2, 0.25) is 0 Å². The predicted octanol–water partition coefficient (Wildman–Crippen LogP) is 4.79. The van der Waals surface area contributed by atoms with E-state index in [1.807, 2.05) is 62.4 Å². The number of carbonyl (C=O) groups excluding carboxylic acids is 4. The molecule has 4 aromatic rings. The van der Waals surface area contributed by atoms with Crippen molar-refractivity contribution in [2.45, 2.75) is 58.2 Å². The first-order chi connectivity index (χ1) is 24.6. The number of hydroxylamine groups is 2. The number of carbonyl (C=O) groups is 4. The van der Waals surface area contributed by atoms with Crippen molar-refractivity contribution in [3.8, 4) is 33.6 Å². The molecule has 270 valence electrons. The van der Waals surface area contributed by atoms with E-state index in [4.69, 9.17) is 4.84 Å². The summed E-state index contributed by atoms with van der Waals surface area (Å²) in [6, 6.07) is 16.2. The zero-order valence-electron chi connectivity index (χ0n) is 29.3. The maximum Gasteiger partial charge on any atom is 0.407 e. The van der Waals surface area contributed by atoms with E-state index in [1.165, 1.54) is 19.3 Å². The van der Waals surface area contributed by atoms with Crippen molar-refractivity contribution in [3.63, 3.8) is 0 Å². The van der Waals surface area contributed by atoms with E-state index >= 15 is 0 Å². The molecule has 0 atom stereocenters. The zero-order chi connectivity index (χ0) is 36.4. The monoisotopic (exact) mass is 700 g/mol. The molecule has 1 aliphatic carbocycles. The summed E-state index contributed by atoms with van der Waals surface area (Å²) in [7, 11) is 2.49. The van der Waals surface area contributed by atoms with Crippen LogP contribution in [0.4, 0.5) is 9.59 Å². The van der Waals surface area contributed by atoms with Gasteiger partial charge in [-0.05, 0) is 54.9 Å². The highest BCUT2D eigenvalue weighted by Crippen LogP contribution is 2.36. The van der Waals surface area contributed by atoms with Crippen LogP contribution in [0.1, 0.15) is 51.2 Å². The first-order valence-electron chi connectivity index (χ1n) is 16.8. The van der Waals surface area contributed by atoms with Crippen LogP contribution in [0.25, 0.3) is 33.6 Å². The lowest BCUT2D eigenvalue weighted by Crippen LogP contribution is -2.48. The maximum absolute atomic E-state index is 12.9. The molecule has 15 heteroatoms. The van der Waals surface area contributed by atoms with Gasteiger partial charge in [0.25, 0.3) is 5.91 Å². The topological polar surface area (TPSA) is 184 Å². The Morgan fingerprint density at radius 1 is 0.745 bits per heavy atom. The Morgan fingerprint density at radius 2 is 1.22 bits per heavy atom. The lowest BCUT2D eigenvalue weighted by atomic mass is 9.82. The van der Waals surface area contributed by atoms with Gasteiger partial charge >= 0.3 is 12.2 Å². The van der Waals surface area contributed by atoms with Crippen molar-refractivity contribution in [1.29, 1.82) is 0 Å². The van der Waals surface area contributed by atoms with Gasteiger partial charge in [0.2, 0.25) is 5.91 Å². The van der Waals surface area contributed by atoms with E-state index in [9.17, 15) is 19.2 Å². The highest BCUT2D eigenvalue weighted by Gasteiger charge is 2.37. The second-order valence-electron chi connectivity index (χ2n) is 12.5. The van der Waals surface area contributed by atoms with Gasteiger partial charge in [-0.1, -0.05) is 55.5 Å². The summed E-state index contributed by atoms with van der Waals surface area (Å²) in [5.74, 6) is 0.548. The molecule has 2 aromatic heterocycles. The molecular formula is C36H44N8O7. The third kappa shape index (κ3) is 9.72. The van der Waals surface area contributed by atoms with Crippen LogP contribution >= 0.6 is 0 Å². The lowest BCUT2D eigenvalue weighted by molar-refractivity contribution is -0.260. The average molecular weight is 701 g/mol. The zero-order valence-corrected chi connectivity index (χ0v) is 29.3. The summed E-state index contributed by atoms with van der Waals surface area (Å²) in [5, 5.41) is 6.09. The molecule has 51 heavy (non-hydrogen) atoms. The number of hydrogen-bond acceptors (Lipinski definition) is 9. The van der Waals surface area contributed by atoms with Gasteiger partial charge in [0.1, 0.15) is 31.3 Å². The summed E-state index contributed by atoms with van der Waals surface area (Å²) >= 11 is 0. The number of aromatic amines is 2. The van der Waals surface area contributed by atoms with Crippen LogP contribution in [0.5, 0.6) is 0 Å². The number of benzene rings is 2. The summed E-state index contributed by atoms with van der Waals surface area (Å²) < 4.78 is 9.13. The number of imidazole rings is 2. The second kappa shape index (κ2) is 16.8. The number of hydrogen-bond donors (Lipinski definition) is 4. The van der Waals surface area contributed by atoms with Gasteiger partial charge in [-0.2, -0.15) is 0 Å². The van der Waals surface area contributed by atoms with Gasteiger partial charge in [-0.15, -0.1) is 0 Å². The third-order valence-corrected chi connectivity index (χ3v) is 8.62. The van der Waals surface area contributed by atoms with E-state index in [-0.39, 0.29) is 32.1 Å². The van der Waals surface area contributed by atoms with E-state index in [0.29, 0.717) is 18.2 Å². The molecule has 0 unspecified atom stereocenters. The van der Waals surface area contributed by atoms with Crippen LogP contribution in [0.3, 0.4) is 0 Å². The molecule has 1 fully saturated rings. The van der Waals surface area contributed by atoms with Gasteiger partial charge in [0, 0.05) is 6.54 Å². The molecule has 4 N–H and O–H groups in total. The molecule has 1 aliphatic rings. The van der Waals surface area contributed by atoms with Gasteiger partial charge in [-0.3, -0.25) is 14.4 Å². The number of nitrogens with one attached hydrogen (secondary N) is 4. The summed E-state index contributed by atoms with van der Waals surface area (Å²) in [4.78, 5) is 71.7. The normalized spacial score (nSPS) is 13.1. The Balaban J connectivity index is 1.20. The number of ether oxygens (including phenoxy) is 2. The lowest BCUT2D eigenvalue weighted by Gasteiger charge is -2.41. The van der Waals surface area contributed by atoms with Crippen LogP contribution in [0, 0.1) is 0 Å². The Kier molecular flexibility index (Phi) is 12.1. The summed E-state index contributed by atoms with van der Waals surface area (Å²) in [6.45, 7) is 4.43.